The zero-order valence-corrected chi connectivity index (χ0v) is 11.9. The maximum atomic E-state index is 12.0. The van der Waals surface area contributed by atoms with Crippen LogP contribution >= 0.6 is 12.9 Å². The van der Waals surface area contributed by atoms with Gasteiger partial charge in [0.2, 0.25) is 6.40 Å². The summed E-state index contributed by atoms with van der Waals surface area (Å²) in [5.41, 5.74) is 8.03. The summed E-state index contributed by atoms with van der Waals surface area (Å²) >= 11 is 3.46. The van der Waals surface area contributed by atoms with Crippen LogP contribution in [0.2, 0.25) is 0 Å². The highest BCUT2D eigenvalue weighted by Gasteiger charge is 2.28. The summed E-state index contributed by atoms with van der Waals surface area (Å²) in [6, 6.07) is 5.41. The fourth-order valence-corrected chi connectivity index (χ4v) is 1.83. The smallest absolute Gasteiger partial charge is 0.355 e. The first-order valence-corrected chi connectivity index (χ1v) is 6.13. The van der Waals surface area contributed by atoms with Gasteiger partial charge in [0.15, 0.2) is 0 Å². The highest BCUT2D eigenvalue weighted by molar-refractivity contribution is 7.75. The summed E-state index contributed by atoms with van der Waals surface area (Å²) in [6.45, 7) is 2.18. The number of hydrazine groups is 3. The second-order valence-electron chi connectivity index (χ2n) is 4.08. The van der Waals surface area contributed by atoms with Gasteiger partial charge in [0.05, 0.1) is 18.6 Å². The predicted molar refractivity (Wildman–Crippen MR) is 76.4 cm³/mol. The van der Waals surface area contributed by atoms with Gasteiger partial charge in [0.25, 0.3) is 0 Å². The van der Waals surface area contributed by atoms with Crippen LogP contribution in [0.25, 0.3) is 0 Å². The van der Waals surface area contributed by atoms with Gasteiger partial charge in [-0.25, -0.2) is 14.8 Å². The molecule has 2 amide bonds. The van der Waals surface area contributed by atoms with Gasteiger partial charge in [-0.2, -0.15) is 0 Å². The number of oxime groups is 1. The Balaban J connectivity index is 2.22. The lowest BCUT2D eigenvalue weighted by molar-refractivity contribution is 0.214. The summed E-state index contributed by atoms with van der Waals surface area (Å²) in [5, 5.41) is 6.11. The third kappa shape index (κ3) is 2.95. The van der Waals surface area contributed by atoms with E-state index in [1.165, 1.54) is 10.0 Å². The first-order valence-electron chi connectivity index (χ1n) is 5.76. The molecule has 20 heavy (non-hydrogen) atoms. The Morgan fingerprint density at radius 3 is 2.90 bits per heavy atom. The molecular formula is C11H15N5O3S. The summed E-state index contributed by atoms with van der Waals surface area (Å²) in [5.74, 6) is 0. The Hall–Kier alpha value is -1.97. The van der Waals surface area contributed by atoms with Crippen molar-refractivity contribution in [2.45, 2.75) is 13.5 Å². The summed E-state index contributed by atoms with van der Waals surface area (Å²) < 4.78 is 9.45. The number of urea groups is 1. The molecule has 0 aliphatic carbocycles. The standard InChI is InChI=1S/C11H15N5O3S/c1-8-4-3-5-10(9(8)6-18-7-12-19-20)16-11(17)15(2)13-14-16/h3-5,7,13-14,20H,6H2,1-2H3. The second-order valence-corrected chi connectivity index (χ2v) is 4.24. The molecule has 1 saturated heterocycles. The van der Waals surface area contributed by atoms with Crippen molar-refractivity contribution in [1.82, 2.24) is 16.1 Å². The molecule has 2 rings (SSSR count). The maximum absolute atomic E-state index is 12.0. The Morgan fingerprint density at radius 2 is 2.25 bits per heavy atom. The average molecular weight is 297 g/mol. The van der Waals surface area contributed by atoms with E-state index in [1.807, 2.05) is 25.1 Å². The second kappa shape index (κ2) is 6.46. The third-order valence-electron chi connectivity index (χ3n) is 2.83. The normalized spacial score (nSPS) is 15.2. The number of aryl methyl sites for hydroxylation is 1. The van der Waals surface area contributed by atoms with Crippen molar-refractivity contribution >= 4 is 31.0 Å². The molecule has 108 valence electrons. The third-order valence-corrected chi connectivity index (χ3v) is 2.92. The van der Waals surface area contributed by atoms with Gasteiger partial charge in [-0.1, -0.05) is 12.1 Å². The number of benzene rings is 1. The van der Waals surface area contributed by atoms with Crippen LogP contribution in [0.4, 0.5) is 10.5 Å². The summed E-state index contributed by atoms with van der Waals surface area (Å²) in [6.07, 6.45) is 1.15. The first-order chi connectivity index (χ1) is 9.65. The van der Waals surface area contributed by atoms with Gasteiger partial charge in [-0.15, -0.1) is 11.1 Å². The minimum atomic E-state index is -0.218. The molecule has 0 radical (unpaired) electrons. The lowest BCUT2D eigenvalue weighted by Gasteiger charge is -2.19. The number of anilines is 1. The molecule has 1 heterocycles. The SMILES string of the molecule is Cc1cccc(N2NNN(C)C2=O)c1COC=NOS. The van der Waals surface area contributed by atoms with Crippen molar-refractivity contribution in [3.8, 4) is 0 Å². The lowest BCUT2D eigenvalue weighted by atomic mass is 10.1. The van der Waals surface area contributed by atoms with E-state index in [-0.39, 0.29) is 12.6 Å². The van der Waals surface area contributed by atoms with E-state index >= 15 is 0 Å². The van der Waals surface area contributed by atoms with E-state index in [9.17, 15) is 4.79 Å². The van der Waals surface area contributed by atoms with Gasteiger partial charge >= 0.3 is 6.03 Å². The molecule has 1 fully saturated rings. The number of ether oxygens (including phenoxy) is 1. The van der Waals surface area contributed by atoms with Crippen LogP contribution < -0.4 is 16.1 Å². The minimum Gasteiger partial charge on any atom is -0.476 e. The Morgan fingerprint density at radius 1 is 1.45 bits per heavy atom. The van der Waals surface area contributed by atoms with E-state index in [2.05, 4.69) is 33.4 Å². The first kappa shape index (κ1) is 14.4. The molecular weight excluding hydrogens is 282 g/mol. The molecule has 1 aromatic rings. The number of rotatable bonds is 5. The zero-order chi connectivity index (χ0) is 14.5. The predicted octanol–water partition coefficient (Wildman–Crippen LogP) is 1.11. The van der Waals surface area contributed by atoms with Crippen LogP contribution in [0.1, 0.15) is 11.1 Å². The van der Waals surface area contributed by atoms with Crippen molar-refractivity contribution in [3.63, 3.8) is 0 Å². The summed E-state index contributed by atoms with van der Waals surface area (Å²) in [7, 11) is 1.62. The maximum Gasteiger partial charge on any atom is 0.355 e. The number of hydrogen-bond acceptors (Lipinski definition) is 7. The Labute approximate surface area is 121 Å². The summed E-state index contributed by atoms with van der Waals surface area (Å²) in [4.78, 5) is 12.0. The molecule has 0 bridgehead atoms. The van der Waals surface area contributed by atoms with Crippen LogP contribution in [0.15, 0.2) is 23.4 Å². The number of nitrogens with zero attached hydrogens (tertiary/aromatic N) is 3. The van der Waals surface area contributed by atoms with Gasteiger partial charge in [-0.3, -0.25) is 0 Å². The molecule has 1 aliphatic rings. The molecule has 0 aromatic heterocycles. The fraction of sp³-hybridized carbons (Fsp3) is 0.273. The van der Waals surface area contributed by atoms with Crippen LogP contribution in [0, 0.1) is 6.92 Å². The topological polar surface area (TPSA) is 78.4 Å². The minimum absolute atomic E-state index is 0.218. The number of nitrogens with one attached hydrogen (secondary N) is 2. The quantitative estimate of drug-likeness (QED) is 0.249. The molecule has 1 aromatic carbocycles. The monoisotopic (exact) mass is 297 g/mol. The van der Waals surface area contributed by atoms with E-state index in [0.29, 0.717) is 5.69 Å². The number of carbonyl (C=O) groups is 1. The Kier molecular flexibility index (Phi) is 4.66. The van der Waals surface area contributed by atoms with Gasteiger partial charge < -0.3 is 9.02 Å². The van der Waals surface area contributed by atoms with E-state index in [1.54, 1.807) is 7.05 Å². The van der Waals surface area contributed by atoms with Gasteiger partial charge in [0.1, 0.15) is 6.61 Å². The largest absolute Gasteiger partial charge is 0.476 e. The Bertz CT molecular complexity index is 525. The molecule has 9 heteroatoms. The number of amides is 2. The van der Waals surface area contributed by atoms with Gasteiger partial charge in [0, 0.05) is 12.6 Å². The molecule has 2 N–H and O–H groups in total. The molecule has 0 saturated carbocycles. The molecule has 0 spiro atoms. The van der Waals surface area contributed by atoms with E-state index < -0.39 is 0 Å². The van der Waals surface area contributed by atoms with Crippen molar-refractivity contribution in [3.05, 3.63) is 29.3 Å². The number of thiol groups is 1. The lowest BCUT2D eigenvalue weighted by Crippen LogP contribution is -2.38. The van der Waals surface area contributed by atoms with Crippen LogP contribution in [-0.4, -0.2) is 24.5 Å². The zero-order valence-electron chi connectivity index (χ0n) is 11.0. The molecule has 8 nitrogen and oxygen atoms in total. The molecule has 0 unspecified atom stereocenters. The fourth-order valence-electron chi connectivity index (χ4n) is 1.79. The van der Waals surface area contributed by atoms with Crippen molar-refractivity contribution in [2.75, 3.05) is 12.1 Å². The number of carbonyl (C=O) groups excluding carboxylic acids is 1. The number of hydrogen-bond donors (Lipinski definition) is 3. The van der Waals surface area contributed by atoms with Crippen molar-refractivity contribution < 1.29 is 13.8 Å². The highest BCUT2D eigenvalue weighted by atomic mass is 32.1. The highest BCUT2D eigenvalue weighted by Crippen LogP contribution is 2.25. The van der Waals surface area contributed by atoms with E-state index in [0.717, 1.165) is 17.5 Å². The molecule has 0 atom stereocenters. The van der Waals surface area contributed by atoms with E-state index in [4.69, 9.17) is 4.74 Å². The molecule has 1 aliphatic heterocycles. The average Bonchev–Trinajstić information content (AvgIpc) is 2.76. The van der Waals surface area contributed by atoms with Crippen molar-refractivity contribution in [1.29, 1.82) is 0 Å². The van der Waals surface area contributed by atoms with Gasteiger partial charge in [-0.05, 0) is 23.7 Å². The van der Waals surface area contributed by atoms with Crippen LogP contribution in [-0.2, 0) is 15.6 Å². The van der Waals surface area contributed by atoms with Crippen LogP contribution in [0.5, 0.6) is 0 Å². The van der Waals surface area contributed by atoms with Crippen molar-refractivity contribution in [2.24, 2.45) is 5.16 Å². The van der Waals surface area contributed by atoms with Crippen LogP contribution in [0.3, 0.4) is 0 Å².